The first-order chi connectivity index (χ1) is 8.67. The van der Waals surface area contributed by atoms with Crippen LogP contribution in [0.15, 0.2) is 16.5 Å². The van der Waals surface area contributed by atoms with Crippen molar-refractivity contribution in [1.82, 2.24) is 5.32 Å². The molecule has 96 valence electrons. The fraction of sp³-hybridized carbons (Fsp3) is 0.571. The standard InChI is InChI=1S/C14H18N2O2/c1-10-2-7-13(18-10)8-14(17)16-12-5-3-11(9-15)4-6-12/h2,7,11-12H,3-6,8H2,1H3,(H,16,17). The molecule has 4 heteroatoms. The van der Waals surface area contributed by atoms with Gasteiger partial charge in [-0.25, -0.2) is 0 Å². The van der Waals surface area contributed by atoms with E-state index in [4.69, 9.17) is 9.68 Å². The number of nitrogens with one attached hydrogen (secondary N) is 1. The highest BCUT2D eigenvalue weighted by Crippen LogP contribution is 2.23. The van der Waals surface area contributed by atoms with E-state index in [0.29, 0.717) is 12.2 Å². The molecular weight excluding hydrogens is 228 g/mol. The molecule has 0 unspecified atom stereocenters. The summed E-state index contributed by atoms with van der Waals surface area (Å²) in [6.45, 7) is 1.87. The monoisotopic (exact) mass is 246 g/mol. The van der Waals surface area contributed by atoms with E-state index in [0.717, 1.165) is 31.4 Å². The zero-order valence-corrected chi connectivity index (χ0v) is 10.6. The van der Waals surface area contributed by atoms with Crippen LogP contribution in [0, 0.1) is 24.2 Å². The van der Waals surface area contributed by atoms with E-state index in [-0.39, 0.29) is 17.9 Å². The zero-order chi connectivity index (χ0) is 13.0. The Morgan fingerprint density at radius 3 is 2.72 bits per heavy atom. The molecule has 1 aromatic rings. The molecule has 1 aromatic heterocycles. The van der Waals surface area contributed by atoms with Gasteiger partial charge in [-0.1, -0.05) is 0 Å². The molecule has 0 atom stereocenters. The minimum absolute atomic E-state index is 0.00441. The van der Waals surface area contributed by atoms with Crippen LogP contribution in [0.25, 0.3) is 0 Å². The topological polar surface area (TPSA) is 66.0 Å². The molecule has 1 aliphatic rings. The van der Waals surface area contributed by atoms with Crippen LogP contribution >= 0.6 is 0 Å². The zero-order valence-electron chi connectivity index (χ0n) is 10.6. The van der Waals surface area contributed by atoms with Gasteiger partial charge in [-0.2, -0.15) is 5.26 Å². The Labute approximate surface area is 107 Å². The van der Waals surface area contributed by atoms with Crippen molar-refractivity contribution in [2.24, 2.45) is 5.92 Å². The van der Waals surface area contributed by atoms with Crippen LogP contribution in [-0.2, 0) is 11.2 Å². The Kier molecular flexibility index (Phi) is 4.03. The van der Waals surface area contributed by atoms with Gasteiger partial charge in [-0.15, -0.1) is 0 Å². The molecule has 4 nitrogen and oxygen atoms in total. The third kappa shape index (κ3) is 3.36. The maximum absolute atomic E-state index is 11.8. The smallest absolute Gasteiger partial charge is 0.227 e. The summed E-state index contributed by atoms with van der Waals surface area (Å²) in [5.41, 5.74) is 0. The van der Waals surface area contributed by atoms with Gasteiger partial charge in [0.25, 0.3) is 0 Å². The molecule has 0 saturated heterocycles. The summed E-state index contributed by atoms with van der Waals surface area (Å²) >= 11 is 0. The minimum atomic E-state index is 0.00441. The number of carbonyl (C=O) groups is 1. The Morgan fingerprint density at radius 2 is 2.17 bits per heavy atom. The van der Waals surface area contributed by atoms with Crippen molar-refractivity contribution in [3.05, 3.63) is 23.7 Å². The Hall–Kier alpha value is -1.76. The number of hydrogen-bond acceptors (Lipinski definition) is 3. The Balaban J connectivity index is 1.77. The van der Waals surface area contributed by atoms with Crippen molar-refractivity contribution in [3.63, 3.8) is 0 Å². The second-order valence-corrected chi connectivity index (χ2v) is 4.93. The van der Waals surface area contributed by atoms with Crippen molar-refractivity contribution in [3.8, 4) is 6.07 Å². The van der Waals surface area contributed by atoms with Crippen LogP contribution in [0.2, 0.25) is 0 Å². The van der Waals surface area contributed by atoms with Crippen molar-refractivity contribution < 1.29 is 9.21 Å². The average molecular weight is 246 g/mol. The molecule has 0 aliphatic heterocycles. The van der Waals surface area contributed by atoms with Gasteiger partial charge < -0.3 is 9.73 Å². The molecule has 2 rings (SSSR count). The number of hydrogen-bond donors (Lipinski definition) is 1. The van der Waals surface area contributed by atoms with Gasteiger partial charge in [0.1, 0.15) is 11.5 Å². The van der Waals surface area contributed by atoms with Gasteiger partial charge in [0.2, 0.25) is 5.91 Å². The Bertz CT molecular complexity index is 451. The average Bonchev–Trinajstić information content (AvgIpc) is 2.75. The molecule has 0 spiro atoms. The third-order valence-corrected chi connectivity index (χ3v) is 3.41. The van der Waals surface area contributed by atoms with E-state index in [1.165, 1.54) is 0 Å². The molecule has 1 N–H and O–H groups in total. The van der Waals surface area contributed by atoms with Crippen molar-refractivity contribution in [1.29, 1.82) is 5.26 Å². The number of rotatable bonds is 3. The van der Waals surface area contributed by atoms with E-state index in [9.17, 15) is 4.79 Å². The second-order valence-electron chi connectivity index (χ2n) is 4.93. The molecular formula is C14H18N2O2. The van der Waals surface area contributed by atoms with Crippen LogP contribution in [-0.4, -0.2) is 11.9 Å². The number of nitrogens with zero attached hydrogens (tertiary/aromatic N) is 1. The van der Waals surface area contributed by atoms with Gasteiger partial charge in [-0.05, 0) is 44.7 Å². The molecule has 1 saturated carbocycles. The number of aryl methyl sites for hydroxylation is 1. The summed E-state index contributed by atoms with van der Waals surface area (Å²) in [6.07, 6.45) is 3.89. The van der Waals surface area contributed by atoms with Gasteiger partial charge >= 0.3 is 0 Å². The molecule has 0 aromatic carbocycles. The number of carbonyl (C=O) groups excluding carboxylic acids is 1. The number of amides is 1. The van der Waals surface area contributed by atoms with Gasteiger partial charge in [0.15, 0.2) is 0 Å². The van der Waals surface area contributed by atoms with Crippen molar-refractivity contribution >= 4 is 5.91 Å². The van der Waals surface area contributed by atoms with Crippen LogP contribution in [0.5, 0.6) is 0 Å². The summed E-state index contributed by atoms with van der Waals surface area (Å²) in [4.78, 5) is 11.8. The molecule has 1 aliphatic carbocycles. The lowest BCUT2D eigenvalue weighted by atomic mass is 9.87. The van der Waals surface area contributed by atoms with Gasteiger partial charge in [-0.3, -0.25) is 4.79 Å². The largest absolute Gasteiger partial charge is 0.466 e. The molecule has 0 bridgehead atoms. The fourth-order valence-corrected chi connectivity index (χ4v) is 2.38. The maximum Gasteiger partial charge on any atom is 0.227 e. The van der Waals surface area contributed by atoms with Gasteiger partial charge in [0.05, 0.1) is 12.5 Å². The van der Waals surface area contributed by atoms with E-state index >= 15 is 0 Å². The minimum Gasteiger partial charge on any atom is -0.466 e. The first-order valence-corrected chi connectivity index (χ1v) is 6.41. The highest BCUT2D eigenvalue weighted by molar-refractivity contribution is 5.78. The number of nitriles is 1. The molecule has 0 radical (unpaired) electrons. The predicted octanol–water partition coefficient (Wildman–Crippen LogP) is 2.33. The molecule has 18 heavy (non-hydrogen) atoms. The lowest BCUT2D eigenvalue weighted by molar-refractivity contribution is -0.121. The SMILES string of the molecule is Cc1ccc(CC(=O)NC2CCC(C#N)CC2)o1. The summed E-state index contributed by atoms with van der Waals surface area (Å²) in [7, 11) is 0. The molecule has 1 fully saturated rings. The highest BCUT2D eigenvalue weighted by Gasteiger charge is 2.22. The fourth-order valence-electron chi connectivity index (χ4n) is 2.38. The Morgan fingerprint density at radius 1 is 1.44 bits per heavy atom. The number of furan rings is 1. The quantitative estimate of drug-likeness (QED) is 0.890. The van der Waals surface area contributed by atoms with Crippen LogP contribution in [0.3, 0.4) is 0 Å². The second kappa shape index (κ2) is 5.72. The van der Waals surface area contributed by atoms with Crippen molar-refractivity contribution in [2.45, 2.75) is 45.1 Å². The first kappa shape index (κ1) is 12.7. The summed E-state index contributed by atoms with van der Waals surface area (Å²) in [5, 5.41) is 11.8. The van der Waals surface area contributed by atoms with E-state index in [1.54, 1.807) is 0 Å². The summed E-state index contributed by atoms with van der Waals surface area (Å²) in [6, 6.07) is 6.21. The predicted molar refractivity (Wildman–Crippen MR) is 66.7 cm³/mol. The molecule has 1 amide bonds. The van der Waals surface area contributed by atoms with Gasteiger partial charge in [0, 0.05) is 12.0 Å². The third-order valence-electron chi connectivity index (χ3n) is 3.41. The lowest BCUT2D eigenvalue weighted by Crippen LogP contribution is -2.38. The van der Waals surface area contributed by atoms with Crippen LogP contribution in [0.4, 0.5) is 0 Å². The lowest BCUT2D eigenvalue weighted by Gasteiger charge is -2.25. The summed E-state index contributed by atoms with van der Waals surface area (Å²) in [5.74, 6) is 1.71. The molecule has 1 heterocycles. The van der Waals surface area contributed by atoms with Crippen molar-refractivity contribution in [2.75, 3.05) is 0 Å². The normalized spacial score (nSPS) is 23.3. The highest BCUT2D eigenvalue weighted by atomic mass is 16.3. The first-order valence-electron chi connectivity index (χ1n) is 6.41. The van der Waals surface area contributed by atoms with Crippen LogP contribution < -0.4 is 5.32 Å². The van der Waals surface area contributed by atoms with Crippen LogP contribution in [0.1, 0.15) is 37.2 Å². The summed E-state index contributed by atoms with van der Waals surface area (Å²) < 4.78 is 5.37. The van der Waals surface area contributed by atoms with E-state index < -0.39 is 0 Å². The van der Waals surface area contributed by atoms with E-state index in [2.05, 4.69) is 11.4 Å². The van der Waals surface area contributed by atoms with E-state index in [1.807, 2.05) is 19.1 Å². The maximum atomic E-state index is 11.8.